The molecular formula is C12H15N3O3S. The number of benzene rings is 1. The van der Waals surface area contributed by atoms with Crippen LogP contribution < -0.4 is 20.1 Å². The number of nitrogens with one attached hydrogen (secondary N) is 2. The van der Waals surface area contributed by atoms with Gasteiger partial charge < -0.3 is 14.8 Å². The third kappa shape index (κ3) is 3.78. The SMILES string of the molecule is COc1cc(NC(=O)NC2=NCCS2)cc(OC)c1. The minimum atomic E-state index is -0.330. The van der Waals surface area contributed by atoms with Crippen LogP contribution in [0.15, 0.2) is 23.2 Å². The Bertz CT molecular complexity index is 483. The van der Waals surface area contributed by atoms with E-state index in [1.54, 1.807) is 32.4 Å². The molecule has 1 aliphatic rings. The van der Waals surface area contributed by atoms with Gasteiger partial charge in [0.15, 0.2) is 5.17 Å². The number of methoxy groups -OCH3 is 2. The number of rotatable bonds is 3. The van der Waals surface area contributed by atoms with E-state index in [1.165, 1.54) is 11.8 Å². The van der Waals surface area contributed by atoms with Crippen LogP contribution >= 0.6 is 11.8 Å². The molecule has 1 aromatic rings. The first-order valence-electron chi connectivity index (χ1n) is 5.69. The van der Waals surface area contributed by atoms with E-state index in [-0.39, 0.29) is 6.03 Å². The molecule has 0 unspecified atom stereocenters. The number of urea groups is 1. The number of carbonyl (C=O) groups excluding carboxylic acids is 1. The predicted octanol–water partition coefficient (Wildman–Crippen LogP) is 1.93. The molecule has 6 nitrogen and oxygen atoms in total. The Labute approximate surface area is 115 Å². The number of anilines is 1. The monoisotopic (exact) mass is 281 g/mol. The van der Waals surface area contributed by atoms with Gasteiger partial charge in [0.2, 0.25) is 0 Å². The Kier molecular flexibility index (Phi) is 4.51. The van der Waals surface area contributed by atoms with Crippen molar-refractivity contribution in [3.8, 4) is 11.5 Å². The number of amidine groups is 1. The fraction of sp³-hybridized carbons (Fsp3) is 0.333. The average molecular weight is 281 g/mol. The Morgan fingerprint density at radius 2 is 1.89 bits per heavy atom. The number of hydrogen-bond donors (Lipinski definition) is 2. The summed E-state index contributed by atoms with van der Waals surface area (Å²) in [5.41, 5.74) is 0.595. The van der Waals surface area contributed by atoms with Crippen molar-refractivity contribution < 1.29 is 14.3 Å². The van der Waals surface area contributed by atoms with Crippen molar-refractivity contribution in [3.63, 3.8) is 0 Å². The molecule has 2 amide bonds. The number of hydrogen-bond acceptors (Lipinski definition) is 5. The molecule has 0 fully saturated rings. The Hall–Kier alpha value is -1.89. The number of thioether (sulfide) groups is 1. The Morgan fingerprint density at radius 3 is 2.42 bits per heavy atom. The molecule has 102 valence electrons. The number of carbonyl (C=O) groups is 1. The maximum absolute atomic E-state index is 11.8. The molecule has 0 saturated carbocycles. The highest BCUT2D eigenvalue weighted by molar-refractivity contribution is 8.14. The molecule has 0 radical (unpaired) electrons. The van der Waals surface area contributed by atoms with E-state index in [2.05, 4.69) is 15.6 Å². The summed E-state index contributed by atoms with van der Waals surface area (Å²) in [6.45, 7) is 0.743. The summed E-state index contributed by atoms with van der Waals surface area (Å²) >= 11 is 1.53. The maximum atomic E-state index is 11.8. The summed E-state index contributed by atoms with van der Waals surface area (Å²) < 4.78 is 10.3. The van der Waals surface area contributed by atoms with Crippen molar-refractivity contribution in [2.24, 2.45) is 4.99 Å². The van der Waals surface area contributed by atoms with Crippen LogP contribution in [0.2, 0.25) is 0 Å². The summed E-state index contributed by atoms with van der Waals surface area (Å²) in [5.74, 6) is 2.13. The quantitative estimate of drug-likeness (QED) is 0.888. The van der Waals surface area contributed by atoms with E-state index in [1.807, 2.05) is 0 Å². The molecule has 1 aliphatic heterocycles. The fourth-order valence-corrected chi connectivity index (χ4v) is 2.27. The summed E-state index contributed by atoms with van der Waals surface area (Å²) in [5, 5.41) is 6.04. The smallest absolute Gasteiger partial charge is 0.325 e. The lowest BCUT2D eigenvalue weighted by Crippen LogP contribution is -2.31. The number of aliphatic imine (C=N–C) groups is 1. The first-order valence-corrected chi connectivity index (χ1v) is 6.68. The molecule has 0 bridgehead atoms. The van der Waals surface area contributed by atoms with E-state index >= 15 is 0 Å². The summed E-state index contributed by atoms with van der Waals surface area (Å²) in [6.07, 6.45) is 0. The van der Waals surface area contributed by atoms with Crippen LogP contribution in [-0.4, -0.2) is 37.7 Å². The van der Waals surface area contributed by atoms with E-state index < -0.39 is 0 Å². The van der Waals surface area contributed by atoms with Gasteiger partial charge >= 0.3 is 6.03 Å². The zero-order valence-corrected chi connectivity index (χ0v) is 11.5. The molecule has 7 heteroatoms. The summed E-state index contributed by atoms with van der Waals surface area (Å²) in [6, 6.07) is 4.83. The first-order chi connectivity index (χ1) is 9.21. The molecule has 0 aromatic heterocycles. The van der Waals surface area contributed by atoms with Crippen molar-refractivity contribution in [2.75, 3.05) is 31.8 Å². The molecule has 1 aromatic carbocycles. The molecule has 0 saturated heterocycles. The molecule has 0 spiro atoms. The van der Waals surface area contributed by atoms with Crippen LogP contribution in [-0.2, 0) is 0 Å². The van der Waals surface area contributed by atoms with Crippen LogP contribution in [0.25, 0.3) is 0 Å². The predicted molar refractivity (Wildman–Crippen MR) is 76.5 cm³/mol. The second-order valence-corrected chi connectivity index (χ2v) is 4.80. The summed E-state index contributed by atoms with van der Waals surface area (Å²) in [4.78, 5) is 15.9. The molecule has 0 atom stereocenters. The van der Waals surface area contributed by atoms with Gasteiger partial charge in [-0.1, -0.05) is 11.8 Å². The molecule has 2 rings (SSSR count). The van der Waals surface area contributed by atoms with E-state index in [0.717, 1.165) is 12.3 Å². The minimum Gasteiger partial charge on any atom is -0.497 e. The van der Waals surface area contributed by atoms with Crippen LogP contribution in [0.1, 0.15) is 0 Å². The van der Waals surface area contributed by atoms with Crippen LogP contribution in [0, 0.1) is 0 Å². The largest absolute Gasteiger partial charge is 0.497 e. The molecule has 0 aliphatic carbocycles. The van der Waals surface area contributed by atoms with Gasteiger partial charge in [-0.25, -0.2) is 4.79 Å². The summed E-state index contributed by atoms with van der Waals surface area (Å²) in [7, 11) is 3.12. The zero-order valence-electron chi connectivity index (χ0n) is 10.7. The maximum Gasteiger partial charge on any atom is 0.325 e. The van der Waals surface area contributed by atoms with Crippen LogP contribution in [0.4, 0.5) is 10.5 Å². The van der Waals surface area contributed by atoms with E-state index in [9.17, 15) is 4.79 Å². The first kappa shape index (κ1) is 13.5. The topological polar surface area (TPSA) is 72.0 Å². The standard InChI is InChI=1S/C12H15N3O3S/c1-17-9-5-8(6-10(7-9)18-2)14-11(16)15-12-13-3-4-19-12/h5-7H,3-4H2,1-2H3,(H2,13,14,15,16). The lowest BCUT2D eigenvalue weighted by Gasteiger charge is -2.10. The van der Waals surface area contributed by atoms with Gasteiger partial charge in [-0.2, -0.15) is 0 Å². The van der Waals surface area contributed by atoms with Crippen molar-refractivity contribution >= 4 is 28.6 Å². The second-order valence-electron chi connectivity index (χ2n) is 3.72. The highest BCUT2D eigenvalue weighted by atomic mass is 32.2. The molecular weight excluding hydrogens is 266 g/mol. The molecule has 19 heavy (non-hydrogen) atoms. The van der Waals surface area contributed by atoms with Crippen molar-refractivity contribution in [1.82, 2.24) is 5.32 Å². The average Bonchev–Trinajstić information content (AvgIpc) is 2.90. The van der Waals surface area contributed by atoms with Crippen LogP contribution in [0.3, 0.4) is 0 Å². The number of nitrogens with zero attached hydrogens (tertiary/aromatic N) is 1. The lowest BCUT2D eigenvalue weighted by atomic mass is 10.3. The third-order valence-electron chi connectivity index (χ3n) is 2.42. The highest BCUT2D eigenvalue weighted by Gasteiger charge is 2.11. The molecule has 1 heterocycles. The zero-order chi connectivity index (χ0) is 13.7. The number of ether oxygens (including phenoxy) is 2. The van der Waals surface area contributed by atoms with Crippen molar-refractivity contribution in [2.45, 2.75) is 0 Å². The Morgan fingerprint density at radius 1 is 1.21 bits per heavy atom. The van der Waals surface area contributed by atoms with E-state index in [4.69, 9.17) is 9.47 Å². The van der Waals surface area contributed by atoms with Crippen LogP contribution in [0.5, 0.6) is 11.5 Å². The fourth-order valence-electron chi connectivity index (χ4n) is 1.55. The Balaban J connectivity index is 2.02. The van der Waals surface area contributed by atoms with E-state index in [0.29, 0.717) is 22.4 Å². The van der Waals surface area contributed by atoms with Gasteiger partial charge in [0.1, 0.15) is 11.5 Å². The highest BCUT2D eigenvalue weighted by Crippen LogP contribution is 2.25. The lowest BCUT2D eigenvalue weighted by molar-refractivity contribution is 0.256. The third-order valence-corrected chi connectivity index (χ3v) is 3.31. The van der Waals surface area contributed by atoms with Gasteiger partial charge in [0, 0.05) is 29.6 Å². The van der Waals surface area contributed by atoms with Crippen molar-refractivity contribution in [3.05, 3.63) is 18.2 Å². The van der Waals surface area contributed by atoms with Gasteiger partial charge in [-0.3, -0.25) is 10.3 Å². The second kappa shape index (κ2) is 6.33. The minimum absolute atomic E-state index is 0.330. The van der Waals surface area contributed by atoms with Gasteiger partial charge in [-0.05, 0) is 0 Å². The van der Waals surface area contributed by atoms with Gasteiger partial charge in [-0.15, -0.1) is 0 Å². The van der Waals surface area contributed by atoms with Crippen molar-refractivity contribution in [1.29, 1.82) is 0 Å². The molecule has 2 N–H and O–H groups in total. The van der Waals surface area contributed by atoms with Gasteiger partial charge in [0.25, 0.3) is 0 Å². The number of amides is 2. The van der Waals surface area contributed by atoms with Gasteiger partial charge in [0.05, 0.1) is 20.8 Å². The normalized spacial score (nSPS) is 13.7.